The summed E-state index contributed by atoms with van der Waals surface area (Å²) in [6.07, 6.45) is 5.00. The minimum atomic E-state index is -0.371. The molecule has 4 heteroatoms. The van der Waals surface area contributed by atoms with Gasteiger partial charge in [-0.15, -0.1) is 11.8 Å². The van der Waals surface area contributed by atoms with Gasteiger partial charge < -0.3 is 9.47 Å². The summed E-state index contributed by atoms with van der Waals surface area (Å²) < 4.78 is 12.1. The molecule has 0 N–H and O–H groups in total. The van der Waals surface area contributed by atoms with Crippen molar-refractivity contribution in [2.45, 2.75) is 59.7 Å². The second kappa shape index (κ2) is 12.3. The van der Waals surface area contributed by atoms with E-state index in [2.05, 4.69) is 39.2 Å². The van der Waals surface area contributed by atoms with Crippen LogP contribution in [0, 0.1) is 0 Å². The van der Waals surface area contributed by atoms with Crippen molar-refractivity contribution in [1.82, 2.24) is 0 Å². The summed E-state index contributed by atoms with van der Waals surface area (Å²) >= 11 is 7.84. The molecule has 0 bridgehead atoms. The van der Waals surface area contributed by atoms with Gasteiger partial charge in [0, 0.05) is 15.7 Å². The van der Waals surface area contributed by atoms with E-state index in [-0.39, 0.29) is 11.7 Å². The maximum absolute atomic E-state index is 6.36. The molecule has 1 aromatic rings. The smallest absolute Gasteiger partial charge is 0.136 e. The summed E-state index contributed by atoms with van der Waals surface area (Å²) in [5.74, 6) is 1.48. The SMILES string of the molecule is C=C(SC/C=C/CC)/C(=C(\C)[C@H](OC(C)(C)C)C(=C)OCC)c1ccc(Cl)cc1. The van der Waals surface area contributed by atoms with E-state index in [4.69, 9.17) is 21.1 Å². The van der Waals surface area contributed by atoms with Gasteiger partial charge in [0.15, 0.2) is 0 Å². The number of halogens is 1. The molecular weight excluding hydrogens is 400 g/mol. The van der Waals surface area contributed by atoms with Gasteiger partial charge in [0.05, 0.1) is 12.2 Å². The molecule has 2 nitrogen and oxygen atoms in total. The first kappa shape index (κ1) is 25.6. The highest BCUT2D eigenvalue weighted by Gasteiger charge is 2.27. The predicted molar refractivity (Wildman–Crippen MR) is 130 cm³/mol. The molecule has 0 fully saturated rings. The molecule has 0 heterocycles. The number of ether oxygens (including phenoxy) is 2. The third kappa shape index (κ3) is 8.86. The zero-order chi connectivity index (χ0) is 22.0. The van der Waals surface area contributed by atoms with Gasteiger partial charge in [-0.2, -0.15) is 0 Å². The fourth-order valence-electron chi connectivity index (χ4n) is 2.82. The monoisotopic (exact) mass is 434 g/mol. The third-order valence-electron chi connectivity index (χ3n) is 4.05. The minimum Gasteiger partial charge on any atom is -0.496 e. The van der Waals surface area contributed by atoms with Gasteiger partial charge in [-0.3, -0.25) is 0 Å². The molecule has 160 valence electrons. The Labute approximate surface area is 186 Å². The van der Waals surface area contributed by atoms with E-state index in [1.807, 2.05) is 52.0 Å². The van der Waals surface area contributed by atoms with Gasteiger partial charge in [-0.1, -0.05) is 56.0 Å². The van der Waals surface area contributed by atoms with Crippen LogP contribution < -0.4 is 0 Å². The number of thioether (sulfide) groups is 1. The molecule has 0 unspecified atom stereocenters. The van der Waals surface area contributed by atoms with Crippen molar-refractivity contribution in [2.75, 3.05) is 12.4 Å². The second-order valence-corrected chi connectivity index (χ2v) is 9.24. The van der Waals surface area contributed by atoms with Crippen LogP contribution in [0.4, 0.5) is 0 Å². The molecule has 0 saturated carbocycles. The standard InChI is InChI=1S/C25H35ClO2S/c1-9-11-12-17-29-20(5)23(21-13-15-22(26)16-14-21)18(3)24(19(4)27-10-2)28-25(6,7)8/h11-16,24H,4-5,9-10,17H2,1-3,6-8H3/b12-11+,23-18-/t24-/m0/s1. The van der Waals surface area contributed by atoms with Crippen molar-refractivity contribution in [3.63, 3.8) is 0 Å². The van der Waals surface area contributed by atoms with Crippen molar-refractivity contribution in [3.05, 3.63) is 76.4 Å². The Morgan fingerprint density at radius 3 is 2.28 bits per heavy atom. The van der Waals surface area contributed by atoms with Crippen LogP contribution in [-0.2, 0) is 9.47 Å². The lowest BCUT2D eigenvalue weighted by Crippen LogP contribution is -2.30. The topological polar surface area (TPSA) is 18.5 Å². The summed E-state index contributed by atoms with van der Waals surface area (Å²) in [7, 11) is 0. The third-order valence-corrected chi connectivity index (χ3v) is 5.21. The Kier molecular flexibility index (Phi) is 10.9. The van der Waals surface area contributed by atoms with Crippen molar-refractivity contribution >= 4 is 28.9 Å². The van der Waals surface area contributed by atoms with E-state index in [1.165, 1.54) is 0 Å². The Balaban J connectivity index is 3.44. The number of hydrogen-bond donors (Lipinski definition) is 0. The molecule has 0 aliphatic heterocycles. The van der Waals surface area contributed by atoms with Gasteiger partial charge in [0.1, 0.15) is 11.9 Å². The summed E-state index contributed by atoms with van der Waals surface area (Å²) in [5, 5.41) is 0.705. The first-order valence-corrected chi connectivity index (χ1v) is 11.4. The Morgan fingerprint density at radius 1 is 1.14 bits per heavy atom. The number of benzene rings is 1. The van der Waals surface area contributed by atoms with Crippen LogP contribution in [-0.4, -0.2) is 24.1 Å². The zero-order valence-corrected chi connectivity index (χ0v) is 20.3. The molecule has 29 heavy (non-hydrogen) atoms. The van der Waals surface area contributed by atoms with Gasteiger partial charge >= 0.3 is 0 Å². The number of allylic oxidation sites excluding steroid dienone is 2. The fourth-order valence-corrected chi connectivity index (χ4v) is 3.80. The van der Waals surface area contributed by atoms with Crippen LogP contribution in [0.25, 0.3) is 5.57 Å². The van der Waals surface area contributed by atoms with Crippen molar-refractivity contribution < 1.29 is 9.47 Å². The number of rotatable bonds is 11. The van der Waals surface area contributed by atoms with Gasteiger partial charge in [-0.25, -0.2) is 0 Å². The Hall–Kier alpha value is -1.42. The number of hydrogen-bond acceptors (Lipinski definition) is 3. The average molecular weight is 435 g/mol. The van der Waals surface area contributed by atoms with Crippen molar-refractivity contribution in [1.29, 1.82) is 0 Å². The zero-order valence-electron chi connectivity index (χ0n) is 18.7. The molecule has 0 aromatic heterocycles. The largest absolute Gasteiger partial charge is 0.496 e. The molecule has 0 aliphatic carbocycles. The van der Waals surface area contributed by atoms with Gasteiger partial charge in [0.2, 0.25) is 0 Å². The molecule has 0 saturated heterocycles. The van der Waals surface area contributed by atoms with Gasteiger partial charge in [0.25, 0.3) is 0 Å². The molecule has 0 spiro atoms. The van der Waals surface area contributed by atoms with Crippen LogP contribution in [0.15, 0.2) is 65.8 Å². The fraction of sp³-hybridized carbons (Fsp3) is 0.440. The van der Waals surface area contributed by atoms with E-state index < -0.39 is 0 Å². The summed E-state index contributed by atoms with van der Waals surface area (Å²) in [6.45, 7) is 21.3. The molecule has 0 aliphatic rings. The quantitative estimate of drug-likeness (QED) is 0.199. The lowest BCUT2D eigenvalue weighted by Gasteiger charge is -2.31. The lowest BCUT2D eigenvalue weighted by molar-refractivity contribution is -0.0479. The van der Waals surface area contributed by atoms with E-state index in [0.717, 1.165) is 33.8 Å². The van der Waals surface area contributed by atoms with Crippen LogP contribution >= 0.6 is 23.4 Å². The maximum Gasteiger partial charge on any atom is 0.136 e. The molecule has 0 amide bonds. The summed E-state index contributed by atoms with van der Waals surface area (Å²) in [6, 6.07) is 7.84. The molecule has 1 aromatic carbocycles. The molecule has 1 rings (SSSR count). The second-order valence-electron chi connectivity index (χ2n) is 7.69. The van der Waals surface area contributed by atoms with Crippen molar-refractivity contribution in [3.8, 4) is 0 Å². The van der Waals surface area contributed by atoms with E-state index in [9.17, 15) is 0 Å². The van der Waals surface area contributed by atoms with E-state index in [1.54, 1.807) is 11.8 Å². The average Bonchev–Trinajstić information content (AvgIpc) is 2.64. The van der Waals surface area contributed by atoms with Crippen LogP contribution in [0.2, 0.25) is 5.02 Å². The van der Waals surface area contributed by atoms with Gasteiger partial charge in [-0.05, 0) is 69.9 Å². The van der Waals surface area contributed by atoms with E-state index in [0.29, 0.717) is 17.4 Å². The highest BCUT2D eigenvalue weighted by Crippen LogP contribution is 2.37. The Bertz CT molecular complexity index is 739. The normalized spacial score (nSPS) is 13.9. The van der Waals surface area contributed by atoms with E-state index >= 15 is 0 Å². The lowest BCUT2D eigenvalue weighted by atomic mass is 9.95. The Morgan fingerprint density at radius 2 is 1.76 bits per heavy atom. The highest BCUT2D eigenvalue weighted by atomic mass is 35.5. The predicted octanol–water partition coefficient (Wildman–Crippen LogP) is 8.06. The highest BCUT2D eigenvalue weighted by molar-refractivity contribution is 8.03. The summed E-state index contributed by atoms with van der Waals surface area (Å²) in [5.41, 5.74) is 2.77. The summed E-state index contributed by atoms with van der Waals surface area (Å²) in [4.78, 5) is 0.984. The van der Waals surface area contributed by atoms with Crippen molar-refractivity contribution in [2.24, 2.45) is 0 Å². The van der Waals surface area contributed by atoms with Crippen LogP contribution in [0.5, 0.6) is 0 Å². The first-order chi connectivity index (χ1) is 13.6. The molecule has 1 atom stereocenters. The van der Waals surface area contributed by atoms with Crippen LogP contribution in [0.3, 0.4) is 0 Å². The minimum absolute atomic E-state index is 0.352. The maximum atomic E-state index is 6.36. The first-order valence-electron chi connectivity index (χ1n) is 10.0. The van der Waals surface area contributed by atoms with Crippen LogP contribution in [0.1, 0.15) is 53.5 Å². The molecular formula is C25H35ClO2S. The molecule has 0 radical (unpaired) electrons.